The number of carbonyl (C=O) groups excluding carboxylic acids is 2. The summed E-state index contributed by atoms with van der Waals surface area (Å²) in [4.78, 5) is 24.6. The Labute approximate surface area is 292 Å². The second-order valence-corrected chi connectivity index (χ2v) is 12.3. The second kappa shape index (κ2) is 16.4. The van der Waals surface area contributed by atoms with Gasteiger partial charge in [0.2, 0.25) is 0 Å². The Morgan fingerprint density at radius 3 is 2.50 bits per heavy atom. The molecule has 1 heterocycles. The van der Waals surface area contributed by atoms with E-state index < -0.39 is 24.3 Å². The quantitative estimate of drug-likeness (QED) is 0.0656. The van der Waals surface area contributed by atoms with Gasteiger partial charge in [-0.1, -0.05) is 35.3 Å². The third-order valence-electron chi connectivity index (χ3n) is 6.52. The van der Waals surface area contributed by atoms with Crippen molar-refractivity contribution in [3.8, 4) is 17.2 Å². The summed E-state index contributed by atoms with van der Waals surface area (Å²) in [5.41, 5.74) is 5.35. The van der Waals surface area contributed by atoms with Crippen LogP contribution in [0.1, 0.15) is 36.6 Å². The molecular formula is C31H30Br2Cl2N4O7. The van der Waals surface area contributed by atoms with Gasteiger partial charge in [-0.15, -0.1) is 0 Å². The lowest BCUT2D eigenvalue weighted by Crippen LogP contribution is -2.45. The maximum atomic E-state index is 12.5. The fraction of sp³-hybridized carbons (Fsp3) is 0.258. The van der Waals surface area contributed by atoms with Crippen LogP contribution >= 0.6 is 55.1 Å². The Hall–Kier alpha value is -3.49. The van der Waals surface area contributed by atoms with E-state index in [1.807, 2.05) is 6.92 Å². The summed E-state index contributed by atoms with van der Waals surface area (Å²) in [6, 6.07) is 12.6. The van der Waals surface area contributed by atoms with Crippen molar-refractivity contribution in [3.05, 3.63) is 95.5 Å². The fourth-order valence-corrected chi connectivity index (χ4v) is 6.31. The minimum Gasteiger partial charge on any atom is -0.490 e. The van der Waals surface area contributed by atoms with Gasteiger partial charge in [-0.3, -0.25) is 5.43 Å². The first-order valence-corrected chi connectivity index (χ1v) is 16.1. The number of hydrogen-bond acceptors (Lipinski definition) is 9. The van der Waals surface area contributed by atoms with Crippen LogP contribution in [0.3, 0.4) is 0 Å². The highest BCUT2D eigenvalue weighted by molar-refractivity contribution is 9.11. The van der Waals surface area contributed by atoms with Crippen molar-refractivity contribution in [1.82, 2.24) is 16.1 Å². The van der Waals surface area contributed by atoms with Crippen LogP contribution in [0.2, 0.25) is 10.0 Å². The van der Waals surface area contributed by atoms with Crippen molar-refractivity contribution < 1.29 is 33.6 Å². The zero-order valence-electron chi connectivity index (χ0n) is 24.8. The zero-order valence-corrected chi connectivity index (χ0v) is 29.5. The first-order valence-electron chi connectivity index (χ1n) is 13.8. The molecule has 15 heteroatoms. The summed E-state index contributed by atoms with van der Waals surface area (Å²) in [5, 5.41) is 21.0. The van der Waals surface area contributed by atoms with Gasteiger partial charge in [0.1, 0.15) is 19.0 Å². The smallest absolute Gasteiger partial charge is 0.337 e. The molecule has 0 saturated carbocycles. The Kier molecular flexibility index (Phi) is 12.6. The van der Waals surface area contributed by atoms with Gasteiger partial charge in [0.15, 0.2) is 17.7 Å². The summed E-state index contributed by atoms with van der Waals surface area (Å²) < 4.78 is 23.8. The van der Waals surface area contributed by atoms with E-state index in [4.69, 9.17) is 42.1 Å². The lowest BCUT2D eigenvalue weighted by Gasteiger charge is -2.28. The number of carbonyl (C=O) groups is 2. The molecule has 0 spiro atoms. The number of aliphatic hydroxyl groups is 1. The van der Waals surface area contributed by atoms with Crippen LogP contribution in [0.5, 0.6) is 17.2 Å². The molecule has 0 aromatic heterocycles. The number of nitrogens with one attached hydrogen (secondary N) is 3. The normalized spacial score (nSPS) is 15.2. The highest BCUT2D eigenvalue weighted by Crippen LogP contribution is 2.36. The molecule has 0 aliphatic carbocycles. The third kappa shape index (κ3) is 9.07. The monoisotopic (exact) mass is 798 g/mol. The maximum Gasteiger partial charge on any atom is 0.337 e. The molecule has 4 rings (SSSR count). The number of nitrogens with zero attached hydrogens (tertiary/aromatic N) is 1. The van der Waals surface area contributed by atoms with E-state index in [1.54, 1.807) is 55.5 Å². The Morgan fingerprint density at radius 1 is 1.09 bits per heavy atom. The Morgan fingerprint density at radius 2 is 1.83 bits per heavy atom. The molecule has 2 amide bonds. The number of esters is 1. The molecule has 4 N–H and O–H groups in total. The molecule has 46 heavy (non-hydrogen) atoms. The Bertz CT molecular complexity index is 1650. The fourth-order valence-electron chi connectivity index (χ4n) is 4.40. The van der Waals surface area contributed by atoms with Crippen LogP contribution in [-0.4, -0.2) is 49.9 Å². The summed E-state index contributed by atoms with van der Waals surface area (Å²) >= 11 is 19.3. The number of methoxy groups -OCH3 is 1. The van der Waals surface area contributed by atoms with E-state index in [2.05, 4.69) is 53.0 Å². The van der Waals surface area contributed by atoms with Crippen molar-refractivity contribution in [3.63, 3.8) is 0 Å². The number of aliphatic hydroxyl groups excluding tert-OH is 1. The molecule has 0 fully saturated rings. The predicted octanol–water partition coefficient (Wildman–Crippen LogP) is 6.62. The van der Waals surface area contributed by atoms with Gasteiger partial charge in [0.05, 0.1) is 40.5 Å². The molecule has 11 nitrogen and oxygen atoms in total. The molecule has 3 aromatic carbocycles. The molecule has 0 saturated heterocycles. The number of ether oxygens (including phenoxy) is 4. The molecule has 0 unspecified atom stereocenters. The topological polar surface area (TPSA) is 140 Å². The van der Waals surface area contributed by atoms with Crippen LogP contribution < -0.4 is 30.3 Å². The van der Waals surface area contributed by atoms with Crippen LogP contribution in [0.25, 0.3) is 0 Å². The van der Waals surface area contributed by atoms with Crippen molar-refractivity contribution in [2.75, 3.05) is 20.3 Å². The molecule has 3 aromatic rings. The van der Waals surface area contributed by atoms with Crippen LogP contribution in [0.4, 0.5) is 4.79 Å². The predicted molar refractivity (Wildman–Crippen MR) is 182 cm³/mol. The van der Waals surface area contributed by atoms with Crippen molar-refractivity contribution in [1.29, 1.82) is 0 Å². The number of hydrazone groups is 1. The van der Waals surface area contributed by atoms with Crippen molar-refractivity contribution in [2.45, 2.75) is 32.7 Å². The summed E-state index contributed by atoms with van der Waals surface area (Å²) in [6.07, 6.45) is 0.366. The van der Waals surface area contributed by atoms with Gasteiger partial charge in [-0.2, -0.15) is 5.10 Å². The molecule has 2 atom stereocenters. The lowest BCUT2D eigenvalue weighted by atomic mass is 9.95. The van der Waals surface area contributed by atoms with Crippen molar-refractivity contribution >= 4 is 73.3 Å². The van der Waals surface area contributed by atoms with Gasteiger partial charge in [-0.25, -0.2) is 9.59 Å². The van der Waals surface area contributed by atoms with E-state index in [1.165, 1.54) is 13.3 Å². The van der Waals surface area contributed by atoms with E-state index in [0.717, 1.165) is 5.56 Å². The number of benzene rings is 3. The van der Waals surface area contributed by atoms with E-state index in [0.29, 0.717) is 59.7 Å². The minimum atomic E-state index is -1.16. The molecule has 1 aliphatic heterocycles. The largest absolute Gasteiger partial charge is 0.490 e. The average Bonchev–Trinajstić information content (AvgIpc) is 3.00. The van der Waals surface area contributed by atoms with Gasteiger partial charge < -0.3 is 34.7 Å². The molecule has 0 radical (unpaired) electrons. The molecule has 0 bridgehead atoms. The van der Waals surface area contributed by atoms with Crippen LogP contribution in [0.15, 0.2) is 73.8 Å². The Balaban J connectivity index is 1.37. The van der Waals surface area contributed by atoms with E-state index in [9.17, 15) is 14.7 Å². The van der Waals surface area contributed by atoms with Crippen molar-refractivity contribution in [2.24, 2.45) is 5.10 Å². The average molecular weight is 801 g/mol. The van der Waals surface area contributed by atoms with Gasteiger partial charge in [0, 0.05) is 21.3 Å². The summed E-state index contributed by atoms with van der Waals surface area (Å²) in [6.45, 7) is 3.83. The number of hydrogen-bond donors (Lipinski definition) is 4. The number of halogens is 4. The molecule has 1 aliphatic rings. The number of rotatable bonds is 13. The minimum absolute atomic E-state index is 0.166. The van der Waals surface area contributed by atoms with E-state index >= 15 is 0 Å². The van der Waals surface area contributed by atoms with Gasteiger partial charge in [-0.05, 0) is 93.2 Å². The SMILES string of the molecule is CCOc1cc([C@@H]2NC(=O)NC(C)=C2C(=O)OC)ccc1OC[C@H](O)N/N=C\c1cc(Br)c(OCc2ccc(Cl)cc2Cl)c(Br)c1. The standard InChI is InChI=1S/C31H30Br2Cl2N4O7/c1-4-44-25-11-18(28-27(30(41)43-3)16(2)37-31(42)38-28)6-8-24(25)45-15-26(40)39-36-13-17-9-21(32)29(22(33)10-17)46-14-19-5-7-20(34)12-23(19)35/h5-13,26,28,39-40H,4,14-15H2,1-3H3,(H2,37,38,42)/b36-13-/t26-,28-/m0/s1. The molecular weight excluding hydrogens is 771 g/mol. The lowest BCUT2D eigenvalue weighted by molar-refractivity contribution is -0.136. The number of allylic oxidation sites excluding steroid dienone is 1. The van der Waals surface area contributed by atoms with Crippen LogP contribution in [-0.2, 0) is 16.1 Å². The maximum absolute atomic E-state index is 12.5. The first kappa shape index (κ1) is 35.4. The van der Waals surface area contributed by atoms with Gasteiger partial charge >= 0.3 is 12.0 Å². The molecule has 244 valence electrons. The number of urea groups is 1. The summed E-state index contributed by atoms with van der Waals surface area (Å²) in [5.74, 6) is 0.711. The van der Waals surface area contributed by atoms with Gasteiger partial charge in [0.25, 0.3) is 0 Å². The van der Waals surface area contributed by atoms with E-state index in [-0.39, 0.29) is 18.8 Å². The number of amides is 2. The third-order valence-corrected chi connectivity index (χ3v) is 8.28. The summed E-state index contributed by atoms with van der Waals surface area (Å²) in [7, 11) is 1.27. The van der Waals surface area contributed by atoms with Crippen LogP contribution in [0, 0.1) is 0 Å². The highest BCUT2D eigenvalue weighted by atomic mass is 79.9. The second-order valence-electron chi connectivity index (χ2n) is 9.75. The zero-order chi connectivity index (χ0) is 33.4. The first-order chi connectivity index (χ1) is 22.0. The highest BCUT2D eigenvalue weighted by Gasteiger charge is 2.32.